The number of halogens is 3. The number of primary amides is 1. The van der Waals surface area contributed by atoms with Crippen molar-refractivity contribution in [3.63, 3.8) is 0 Å². The van der Waals surface area contributed by atoms with Gasteiger partial charge in [-0.1, -0.05) is 0 Å². The Balaban J connectivity index is 1.34. The van der Waals surface area contributed by atoms with Crippen molar-refractivity contribution in [2.45, 2.75) is 36.8 Å². The number of hydrogen-bond donors (Lipinski definition) is 1. The van der Waals surface area contributed by atoms with E-state index in [4.69, 9.17) is 5.73 Å². The van der Waals surface area contributed by atoms with Crippen LogP contribution in [0, 0.1) is 5.92 Å². The quantitative estimate of drug-likeness (QED) is 0.854. The van der Waals surface area contributed by atoms with Gasteiger partial charge < -0.3 is 15.5 Å². The molecule has 10 heteroatoms. The Morgan fingerprint density at radius 2 is 1.74 bits per heavy atom. The molecule has 0 aromatic carbocycles. The van der Waals surface area contributed by atoms with Crippen molar-refractivity contribution < 1.29 is 22.8 Å². The van der Waals surface area contributed by atoms with Crippen LogP contribution in [0.1, 0.15) is 36.6 Å². The number of carbonyl (C=O) groups is 2. The summed E-state index contributed by atoms with van der Waals surface area (Å²) in [5.41, 5.74) is 4.14. The average Bonchev–Trinajstić information content (AvgIpc) is 3.24. The molecule has 3 fully saturated rings. The molecule has 1 atom stereocenters. The van der Waals surface area contributed by atoms with E-state index < -0.39 is 17.5 Å². The van der Waals surface area contributed by atoms with E-state index in [1.54, 1.807) is 9.80 Å². The fraction of sp³-hybridized carbons (Fsp3) is 0.647. The number of carbonyl (C=O) groups excluding carboxylic acids is 2. The van der Waals surface area contributed by atoms with E-state index in [2.05, 4.69) is 9.97 Å². The van der Waals surface area contributed by atoms with Gasteiger partial charge in [0.1, 0.15) is 11.2 Å². The van der Waals surface area contributed by atoms with E-state index in [0.717, 1.165) is 5.56 Å². The molecule has 1 saturated carbocycles. The molecule has 7 nitrogen and oxygen atoms in total. The number of hydrogen-bond acceptors (Lipinski definition) is 4. The summed E-state index contributed by atoms with van der Waals surface area (Å²) in [6.07, 6.45) is -0.798. The average molecular weight is 383 g/mol. The molecular formula is C17H20F3N5O2. The van der Waals surface area contributed by atoms with Gasteiger partial charge >= 0.3 is 12.2 Å². The molecule has 3 aliphatic rings. The number of likely N-dealkylation sites (tertiary alicyclic amines) is 2. The van der Waals surface area contributed by atoms with E-state index in [-0.39, 0.29) is 36.5 Å². The summed E-state index contributed by atoms with van der Waals surface area (Å²) in [6.45, 7) is 1.77. The second-order valence-electron chi connectivity index (χ2n) is 7.64. The standard InChI is InChI=1S/C17H20F3N5O2/c18-17(19,20)16(2-3-16)14-22-5-11(6-23-14)12-8-25(9-12)15(27)24-4-1-10(7-24)13(21)26/h5-6,10,12H,1-4,7-9H2,(H2,21,26)/t10-/m0/s1. The van der Waals surface area contributed by atoms with E-state index in [0.29, 0.717) is 32.6 Å². The largest absolute Gasteiger partial charge is 0.401 e. The van der Waals surface area contributed by atoms with Crippen molar-refractivity contribution in [3.05, 3.63) is 23.8 Å². The predicted octanol–water partition coefficient (Wildman–Crippen LogP) is 1.40. The van der Waals surface area contributed by atoms with Crippen molar-refractivity contribution in [3.8, 4) is 0 Å². The van der Waals surface area contributed by atoms with Crippen LogP contribution in [0.4, 0.5) is 18.0 Å². The molecule has 3 amide bonds. The molecule has 3 heterocycles. The molecule has 2 saturated heterocycles. The maximum Gasteiger partial charge on any atom is 0.401 e. The lowest BCUT2D eigenvalue weighted by atomic mass is 9.94. The summed E-state index contributed by atoms with van der Waals surface area (Å²) in [7, 11) is 0. The van der Waals surface area contributed by atoms with Crippen LogP contribution in [0.15, 0.2) is 12.4 Å². The highest BCUT2D eigenvalue weighted by Crippen LogP contribution is 2.57. The van der Waals surface area contributed by atoms with Crippen LogP contribution < -0.4 is 5.73 Å². The van der Waals surface area contributed by atoms with Crippen molar-refractivity contribution in [1.82, 2.24) is 19.8 Å². The second kappa shape index (κ2) is 6.07. The van der Waals surface area contributed by atoms with E-state index >= 15 is 0 Å². The van der Waals surface area contributed by atoms with Crippen LogP contribution in [0.3, 0.4) is 0 Å². The van der Waals surface area contributed by atoms with Crippen LogP contribution >= 0.6 is 0 Å². The fourth-order valence-corrected chi connectivity index (χ4v) is 3.77. The van der Waals surface area contributed by atoms with Gasteiger partial charge in [0, 0.05) is 44.5 Å². The Kier molecular flexibility index (Phi) is 4.04. The number of alkyl halides is 3. The smallest absolute Gasteiger partial charge is 0.369 e. The summed E-state index contributed by atoms with van der Waals surface area (Å²) in [5, 5.41) is 0. The Labute approximate surface area is 153 Å². The van der Waals surface area contributed by atoms with E-state index in [1.807, 2.05) is 0 Å². The van der Waals surface area contributed by atoms with Crippen molar-refractivity contribution in [2.75, 3.05) is 26.2 Å². The minimum absolute atomic E-state index is 0.0126. The van der Waals surface area contributed by atoms with Gasteiger partial charge in [0.05, 0.1) is 5.92 Å². The lowest BCUT2D eigenvalue weighted by Crippen LogP contribution is -2.53. The van der Waals surface area contributed by atoms with Crippen molar-refractivity contribution >= 4 is 11.9 Å². The summed E-state index contributed by atoms with van der Waals surface area (Å²) in [6, 6.07) is -0.137. The zero-order valence-corrected chi connectivity index (χ0v) is 14.6. The van der Waals surface area contributed by atoms with Gasteiger partial charge in [-0.15, -0.1) is 0 Å². The molecule has 0 bridgehead atoms. The first kappa shape index (κ1) is 18.0. The van der Waals surface area contributed by atoms with Crippen LogP contribution in [-0.2, 0) is 10.2 Å². The number of rotatable bonds is 3. The first-order valence-electron chi connectivity index (χ1n) is 8.93. The van der Waals surface area contributed by atoms with Gasteiger partial charge in [0.2, 0.25) is 5.91 Å². The van der Waals surface area contributed by atoms with Crippen LogP contribution in [-0.4, -0.2) is 64.1 Å². The molecule has 0 unspecified atom stereocenters. The fourth-order valence-electron chi connectivity index (χ4n) is 3.77. The third-order valence-electron chi connectivity index (χ3n) is 5.88. The maximum atomic E-state index is 13.1. The lowest BCUT2D eigenvalue weighted by Gasteiger charge is -2.41. The summed E-state index contributed by atoms with van der Waals surface area (Å²) < 4.78 is 39.4. The molecule has 1 aromatic heterocycles. The van der Waals surface area contributed by atoms with Gasteiger partial charge in [-0.25, -0.2) is 14.8 Å². The summed E-state index contributed by atoms with van der Waals surface area (Å²) in [4.78, 5) is 34.8. The molecule has 1 aromatic rings. The summed E-state index contributed by atoms with van der Waals surface area (Å²) >= 11 is 0. The molecule has 0 spiro atoms. The Bertz CT molecular complexity index is 757. The molecule has 27 heavy (non-hydrogen) atoms. The SMILES string of the molecule is NC(=O)[C@H]1CCN(C(=O)N2CC(c3cnc(C4(C(F)(F)F)CC4)nc3)C2)C1. The maximum absolute atomic E-state index is 13.1. The van der Waals surface area contributed by atoms with Crippen LogP contribution in [0.5, 0.6) is 0 Å². The molecule has 1 aliphatic carbocycles. The van der Waals surface area contributed by atoms with Crippen molar-refractivity contribution in [1.29, 1.82) is 0 Å². The van der Waals surface area contributed by atoms with Gasteiger partial charge in [-0.3, -0.25) is 4.79 Å². The topological polar surface area (TPSA) is 92.4 Å². The third kappa shape index (κ3) is 3.00. The highest BCUT2D eigenvalue weighted by atomic mass is 19.4. The Morgan fingerprint density at radius 1 is 1.11 bits per heavy atom. The third-order valence-corrected chi connectivity index (χ3v) is 5.88. The molecule has 4 rings (SSSR count). The first-order chi connectivity index (χ1) is 12.7. The van der Waals surface area contributed by atoms with E-state index in [1.165, 1.54) is 12.4 Å². The number of nitrogens with two attached hydrogens (primary N) is 1. The van der Waals surface area contributed by atoms with Gasteiger partial charge in [-0.2, -0.15) is 13.2 Å². The number of urea groups is 1. The molecule has 2 N–H and O–H groups in total. The predicted molar refractivity (Wildman–Crippen MR) is 87.6 cm³/mol. The van der Waals surface area contributed by atoms with Gasteiger partial charge in [0.25, 0.3) is 0 Å². The molecule has 0 radical (unpaired) electrons. The monoisotopic (exact) mass is 383 g/mol. The Hall–Kier alpha value is -2.39. The molecule has 146 valence electrons. The normalized spacial score (nSPS) is 24.6. The minimum Gasteiger partial charge on any atom is -0.369 e. The Morgan fingerprint density at radius 3 is 2.22 bits per heavy atom. The highest BCUT2D eigenvalue weighted by molar-refractivity contribution is 5.80. The number of amides is 3. The van der Waals surface area contributed by atoms with Crippen LogP contribution in [0.25, 0.3) is 0 Å². The first-order valence-corrected chi connectivity index (χ1v) is 8.93. The van der Waals surface area contributed by atoms with Crippen molar-refractivity contribution in [2.24, 2.45) is 11.7 Å². The highest BCUT2D eigenvalue weighted by Gasteiger charge is 2.66. The van der Waals surface area contributed by atoms with E-state index in [9.17, 15) is 22.8 Å². The second-order valence-corrected chi connectivity index (χ2v) is 7.64. The number of nitrogens with zero attached hydrogens (tertiary/aromatic N) is 4. The molecular weight excluding hydrogens is 363 g/mol. The zero-order valence-electron chi connectivity index (χ0n) is 14.6. The van der Waals surface area contributed by atoms with Gasteiger partial charge in [0.15, 0.2) is 0 Å². The summed E-state index contributed by atoms with van der Waals surface area (Å²) in [5.74, 6) is -0.842. The van der Waals surface area contributed by atoms with Crippen LogP contribution in [0.2, 0.25) is 0 Å². The minimum atomic E-state index is -4.33. The zero-order chi connectivity index (χ0) is 19.4. The molecule has 2 aliphatic heterocycles. The van der Waals surface area contributed by atoms with Gasteiger partial charge in [-0.05, 0) is 24.8 Å². The lowest BCUT2D eigenvalue weighted by molar-refractivity contribution is -0.162. The number of aromatic nitrogens is 2.